The molecule has 2 aliphatic rings. The Labute approximate surface area is 191 Å². The molecule has 0 spiro atoms. The lowest BCUT2D eigenvalue weighted by Crippen LogP contribution is -2.54. The molecule has 10 heteroatoms. The van der Waals surface area contributed by atoms with E-state index >= 15 is 0 Å². The van der Waals surface area contributed by atoms with Crippen LogP contribution in [-0.4, -0.2) is 79.0 Å². The first-order valence-electron chi connectivity index (χ1n) is 10.9. The average Bonchev–Trinajstić information content (AvgIpc) is 3.33. The van der Waals surface area contributed by atoms with Crippen molar-refractivity contribution in [3.63, 3.8) is 0 Å². The largest absolute Gasteiger partial charge is 0.367 e. The van der Waals surface area contributed by atoms with Crippen LogP contribution in [0.1, 0.15) is 23.5 Å². The van der Waals surface area contributed by atoms with Crippen LogP contribution in [0.2, 0.25) is 0 Å². The molecule has 32 heavy (non-hydrogen) atoms. The predicted molar refractivity (Wildman–Crippen MR) is 124 cm³/mol. The molecule has 0 N–H and O–H groups in total. The molecule has 0 bridgehead atoms. The first-order chi connectivity index (χ1) is 15.4. The standard InChI is InChI=1S/C22H28FN5O3S/c1-3-24-6-8-25(9-7-24)18-14-19(20(28(30)31)13-17(18)23)26-10-11-27(16(2)15-26)22(29)21-5-4-12-32-21/h4-5,12-14,16H,3,6-11,15H2,1-2H3/t16-/m0/s1. The zero-order valence-corrected chi connectivity index (χ0v) is 19.2. The van der Waals surface area contributed by atoms with Crippen molar-refractivity contribution in [3.8, 4) is 0 Å². The Hall–Kier alpha value is -2.72. The van der Waals surface area contributed by atoms with Crippen molar-refractivity contribution in [1.29, 1.82) is 0 Å². The number of hydrogen-bond acceptors (Lipinski definition) is 7. The summed E-state index contributed by atoms with van der Waals surface area (Å²) >= 11 is 1.41. The van der Waals surface area contributed by atoms with E-state index in [-0.39, 0.29) is 17.6 Å². The summed E-state index contributed by atoms with van der Waals surface area (Å²) in [4.78, 5) is 32.7. The van der Waals surface area contributed by atoms with Crippen LogP contribution in [0.3, 0.4) is 0 Å². The van der Waals surface area contributed by atoms with E-state index < -0.39 is 10.7 Å². The van der Waals surface area contributed by atoms with Crippen molar-refractivity contribution in [3.05, 3.63) is 50.5 Å². The van der Waals surface area contributed by atoms with Crippen molar-refractivity contribution in [2.75, 3.05) is 62.2 Å². The van der Waals surface area contributed by atoms with Crippen molar-refractivity contribution < 1.29 is 14.1 Å². The summed E-state index contributed by atoms with van der Waals surface area (Å²) in [5.41, 5.74) is 0.592. The zero-order chi connectivity index (χ0) is 22.8. The van der Waals surface area contributed by atoms with Crippen LogP contribution in [0.5, 0.6) is 0 Å². The molecule has 8 nitrogen and oxygen atoms in total. The Balaban J connectivity index is 1.57. The average molecular weight is 462 g/mol. The molecule has 1 amide bonds. The molecule has 2 fully saturated rings. The lowest BCUT2D eigenvalue weighted by molar-refractivity contribution is -0.384. The van der Waals surface area contributed by atoms with Crippen molar-refractivity contribution in [2.45, 2.75) is 19.9 Å². The fourth-order valence-corrected chi connectivity index (χ4v) is 5.19. The summed E-state index contributed by atoms with van der Waals surface area (Å²) in [5, 5.41) is 13.6. The highest BCUT2D eigenvalue weighted by Gasteiger charge is 2.33. The van der Waals surface area contributed by atoms with Crippen molar-refractivity contribution in [1.82, 2.24) is 9.80 Å². The third-order valence-electron chi connectivity index (χ3n) is 6.36. The smallest absolute Gasteiger partial charge is 0.295 e. The lowest BCUT2D eigenvalue weighted by Gasteiger charge is -2.41. The van der Waals surface area contributed by atoms with Gasteiger partial charge in [-0.1, -0.05) is 13.0 Å². The number of anilines is 2. The minimum absolute atomic E-state index is 0.0183. The number of rotatable bonds is 5. The number of nitro benzene ring substituents is 1. The van der Waals surface area contributed by atoms with Crippen LogP contribution in [0, 0.1) is 15.9 Å². The third-order valence-corrected chi connectivity index (χ3v) is 7.22. The molecule has 2 aliphatic heterocycles. The van der Waals surface area contributed by atoms with Gasteiger partial charge in [0, 0.05) is 51.9 Å². The summed E-state index contributed by atoms with van der Waals surface area (Å²) in [7, 11) is 0. The Morgan fingerprint density at radius 3 is 2.47 bits per heavy atom. The molecule has 2 aromatic rings. The molecule has 4 rings (SSSR count). The van der Waals surface area contributed by atoms with Crippen molar-refractivity contribution in [2.24, 2.45) is 0 Å². The molecule has 2 saturated heterocycles. The lowest BCUT2D eigenvalue weighted by atomic mass is 10.1. The van der Waals surface area contributed by atoms with Crippen LogP contribution in [0.15, 0.2) is 29.6 Å². The Kier molecular flexibility index (Phi) is 6.61. The molecule has 1 aromatic carbocycles. The highest BCUT2D eigenvalue weighted by molar-refractivity contribution is 7.12. The molecule has 172 valence electrons. The van der Waals surface area contributed by atoms with Crippen LogP contribution in [0.4, 0.5) is 21.5 Å². The molecule has 0 radical (unpaired) electrons. The maximum Gasteiger partial charge on any atom is 0.295 e. The summed E-state index contributed by atoms with van der Waals surface area (Å²) in [6, 6.07) is 6.20. The highest BCUT2D eigenvalue weighted by atomic mass is 32.1. The zero-order valence-electron chi connectivity index (χ0n) is 18.4. The van der Waals surface area contributed by atoms with Crippen molar-refractivity contribution >= 4 is 34.3 Å². The van der Waals surface area contributed by atoms with E-state index in [2.05, 4.69) is 11.8 Å². The van der Waals surface area contributed by atoms with Gasteiger partial charge in [-0.15, -0.1) is 11.3 Å². The van der Waals surface area contributed by atoms with Crippen LogP contribution >= 0.6 is 11.3 Å². The predicted octanol–water partition coefficient (Wildman–Crippen LogP) is 3.29. The van der Waals surface area contributed by atoms with Gasteiger partial charge in [-0.3, -0.25) is 14.9 Å². The fraction of sp³-hybridized carbons (Fsp3) is 0.500. The number of thiophene rings is 1. The number of benzene rings is 1. The third kappa shape index (κ3) is 4.42. The number of carbonyl (C=O) groups excluding carboxylic acids is 1. The van der Waals surface area contributed by atoms with Gasteiger partial charge in [0.05, 0.1) is 21.6 Å². The second-order valence-corrected chi connectivity index (χ2v) is 9.19. The molecule has 0 aliphatic carbocycles. The molecule has 0 unspecified atom stereocenters. The summed E-state index contributed by atoms with van der Waals surface area (Å²) < 4.78 is 14.9. The summed E-state index contributed by atoms with van der Waals surface area (Å²) in [6.07, 6.45) is 0. The van der Waals surface area contributed by atoms with E-state index in [0.29, 0.717) is 49.0 Å². The first kappa shape index (κ1) is 22.5. The van der Waals surface area contributed by atoms with Gasteiger partial charge in [0.2, 0.25) is 0 Å². The minimum Gasteiger partial charge on any atom is -0.367 e. The highest BCUT2D eigenvalue weighted by Crippen LogP contribution is 2.36. The fourth-order valence-electron chi connectivity index (χ4n) is 4.51. The van der Waals surface area contributed by atoms with E-state index in [1.807, 2.05) is 39.1 Å². The maximum absolute atomic E-state index is 14.9. The Morgan fingerprint density at radius 2 is 1.88 bits per heavy atom. The number of halogens is 1. The minimum atomic E-state index is -0.565. The monoisotopic (exact) mass is 461 g/mol. The number of carbonyl (C=O) groups is 1. The van der Waals surface area contributed by atoms with Gasteiger partial charge in [-0.25, -0.2) is 4.39 Å². The number of hydrogen-bond donors (Lipinski definition) is 0. The van der Waals surface area contributed by atoms with E-state index in [1.54, 1.807) is 6.07 Å². The van der Waals surface area contributed by atoms with Gasteiger partial charge in [0.25, 0.3) is 11.6 Å². The summed E-state index contributed by atoms with van der Waals surface area (Å²) in [5.74, 6) is -0.583. The van der Waals surface area contributed by atoms with E-state index in [9.17, 15) is 19.3 Å². The Morgan fingerprint density at radius 1 is 1.16 bits per heavy atom. The van der Waals surface area contributed by atoms with Gasteiger partial charge in [-0.05, 0) is 31.0 Å². The van der Waals surface area contributed by atoms with Crippen LogP contribution in [0.25, 0.3) is 0 Å². The molecule has 3 heterocycles. The summed E-state index contributed by atoms with van der Waals surface area (Å²) in [6.45, 7) is 9.39. The second kappa shape index (κ2) is 9.41. The van der Waals surface area contributed by atoms with Gasteiger partial charge < -0.3 is 19.6 Å². The van der Waals surface area contributed by atoms with E-state index in [0.717, 1.165) is 25.7 Å². The number of likely N-dealkylation sites (N-methyl/N-ethyl adjacent to an activating group) is 1. The number of amides is 1. The molecular formula is C22H28FN5O3S. The van der Waals surface area contributed by atoms with E-state index in [1.165, 1.54) is 11.3 Å². The van der Waals surface area contributed by atoms with Gasteiger partial charge in [-0.2, -0.15) is 0 Å². The Bertz CT molecular complexity index is 978. The van der Waals surface area contributed by atoms with Gasteiger partial charge in [0.15, 0.2) is 5.82 Å². The normalized spacial score (nSPS) is 20.0. The molecule has 1 aromatic heterocycles. The second-order valence-electron chi connectivity index (χ2n) is 8.24. The first-order valence-corrected chi connectivity index (χ1v) is 11.8. The number of nitrogens with zero attached hydrogens (tertiary/aromatic N) is 5. The van der Waals surface area contributed by atoms with Crippen LogP contribution < -0.4 is 9.80 Å². The van der Waals surface area contributed by atoms with Gasteiger partial charge in [0.1, 0.15) is 5.69 Å². The van der Waals surface area contributed by atoms with Crippen LogP contribution in [-0.2, 0) is 0 Å². The topological polar surface area (TPSA) is 73.2 Å². The maximum atomic E-state index is 14.9. The SMILES string of the molecule is CCN1CCN(c2cc(N3CCN(C(=O)c4cccs4)[C@@H](C)C3)c([N+](=O)[O-])cc2F)CC1. The quantitative estimate of drug-likeness (QED) is 0.503. The number of piperazine rings is 2. The van der Waals surface area contributed by atoms with E-state index in [4.69, 9.17) is 0 Å². The molecule has 0 saturated carbocycles. The van der Waals surface area contributed by atoms with Gasteiger partial charge >= 0.3 is 0 Å². The molecule has 1 atom stereocenters. The molecular weight excluding hydrogens is 433 g/mol. The number of nitro groups is 1.